The Morgan fingerprint density at radius 1 is 1.06 bits per heavy atom. The molecule has 0 fully saturated rings. The minimum Gasteiger partial charge on any atom is -0.497 e. The fourth-order valence-electron chi connectivity index (χ4n) is 3.88. The summed E-state index contributed by atoms with van der Waals surface area (Å²) in [5, 5.41) is 14.9. The number of methoxy groups -OCH3 is 1. The van der Waals surface area contributed by atoms with Crippen LogP contribution >= 0.6 is 0 Å². The Balaban J connectivity index is 1.67. The summed E-state index contributed by atoms with van der Waals surface area (Å²) in [7, 11) is 1.60. The molecule has 35 heavy (non-hydrogen) atoms. The van der Waals surface area contributed by atoms with E-state index in [9.17, 15) is 14.9 Å². The van der Waals surface area contributed by atoms with Gasteiger partial charge in [0.1, 0.15) is 18.4 Å². The summed E-state index contributed by atoms with van der Waals surface area (Å²) in [5.41, 5.74) is 3.42. The first-order valence-electron chi connectivity index (χ1n) is 11.1. The third kappa shape index (κ3) is 5.84. The Kier molecular flexibility index (Phi) is 7.38. The molecule has 0 spiro atoms. The Morgan fingerprint density at radius 2 is 1.86 bits per heavy atom. The Morgan fingerprint density at radius 3 is 2.63 bits per heavy atom. The zero-order valence-electron chi connectivity index (χ0n) is 19.2. The molecule has 2 heterocycles. The number of aromatic nitrogens is 1. The topological polar surface area (TPSA) is 113 Å². The van der Waals surface area contributed by atoms with Gasteiger partial charge in [-0.1, -0.05) is 42.5 Å². The number of nitrogens with one attached hydrogen (secondary N) is 2. The van der Waals surface area contributed by atoms with Crippen LogP contribution < -0.4 is 15.4 Å². The Labute approximate surface area is 203 Å². The maximum atomic E-state index is 13.4. The average Bonchev–Trinajstić information content (AvgIpc) is 2.91. The van der Waals surface area contributed by atoms with Gasteiger partial charge in [0.15, 0.2) is 0 Å². The first kappa shape index (κ1) is 23.5. The predicted molar refractivity (Wildman–Crippen MR) is 128 cm³/mol. The number of nitrogens with zero attached hydrogens (tertiary/aromatic N) is 2. The maximum absolute atomic E-state index is 13.4. The van der Waals surface area contributed by atoms with Crippen LogP contribution in [0.15, 0.2) is 84.3 Å². The third-order valence-electron chi connectivity index (χ3n) is 5.61. The second kappa shape index (κ2) is 11.0. The molecule has 1 aromatic heterocycles. The largest absolute Gasteiger partial charge is 0.497 e. The molecule has 2 N–H and O–H groups in total. The van der Waals surface area contributed by atoms with Crippen molar-refractivity contribution in [1.29, 1.82) is 5.26 Å². The first-order chi connectivity index (χ1) is 17.1. The Hall–Kier alpha value is -4.64. The SMILES string of the molecule is COc1cccc(CCC2=C(C(=O)OCc3ccccc3)C(c3cncc(C#N)c3)NC(=O)N2)c1. The van der Waals surface area contributed by atoms with Crippen LogP contribution in [0.5, 0.6) is 5.75 Å². The number of amides is 2. The number of allylic oxidation sites excluding steroid dienone is 1. The number of rotatable bonds is 8. The minimum atomic E-state index is -0.812. The van der Waals surface area contributed by atoms with Gasteiger partial charge in [-0.05, 0) is 47.7 Å². The van der Waals surface area contributed by atoms with Gasteiger partial charge < -0.3 is 20.1 Å². The lowest BCUT2D eigenvalue weighted by Crippen LogP contribution is -2.46. The van der Waals surface area contributed by atoms with Crippen molar-refractivity contribution in [2.45, 2.75) is 25.5 Å². The van der Waals surface area contributed by atoms with Crippen LogP contribution in [0.4, 0.5) is 4.79 Å². The molecule has 1 aliphatic rings. The van der Waals surface area contributed by atoms with Crippen LogP contribution in [0.25, 0.3) is 0 Å². The number of esters is 1. The molecule has 0 saturated carbocycles. The average molecular weight is 469 g/mol. The molecule has 1 aliphatic heterocycles. The van der Waals surface area contributed by atoms with E-state index in [2.05, 4.69) is 15.6 Å². The van der Waals surface area contributed by atoms with Crippen molar-refractivity contribution in [2.24, 2.45) is 0 Å². The highest BCUT2D eigenvalue weighted by Crippen LogP contribution is 2.30. The summed E-state index contributed by atoms with van der Waals surface area (Å²) >= 11 is 0. The summed E-state index contributed by atoms with van der Waals surface area (Å²) in [6.07, 6.45) is 3.90. The molecule has 2 aromatic carbocycles. The van der Waals surface area contributed by atoms with Gasteiger partial charge >= 0.3 is 12.0 Å². The number of pyridine rings is 1. The summed E-state index contributed by atoms with van der Waals surface area (Å²) in [6.45, 7) is 0.0868. The number of benzene rings is 2. The lowest BCUT2D eigenvalue weighted by molar-refractivity contribution is -0.140. The number of aryl methyl sites for hydroxylation is 1. The van der Waals surface area contributed by atoms with E-state index in [0.717, 1.165) is 16.9 Å². The normalized spacial score (nSPS) is 15.0. The molecular weight excluding hydrogens is 444 g/mol. The molecule has 4 rings (SSSR count). The van der Waals surface area contributed by atoms with E-state index in [1.54, 1.807) is 13.2 Å². The van der Waals surface area contributed by atoms with Crippen molar-refractivity contribution in [3.05, 3.63) is 107 Å². The van der Waals surface area contributed by atoms with Gasteiger partial charge in [-0.3, -0.25) is 4.98 Å². The maximum Gasteiger partial charge on any atom is 0.338 e. The van der Waals surface area contributed by atoms with Crippen molar-refractivity contribution in [3.8, 4) is 11.8 Å². The van der Waals surface area contributed by atoms with E-state index < -0.39 is 18.0 Å². The van der Waals surface area contributed by atoms with Gasteiger partial charge in [-0.2, -0.15) is 5.26 Å². The highest BCUT2D eigenvalue weighted by molar-refractivity contribution is 5.95. The van der Waals surface area contributed by atoms with Crippen LogP contribution in [-0.2, 0) is 22.6 Å². The highest BCUT2D eigenvalue weighted by Gasteiger charge is 2.34. The molecule has 8 nitrogen and oxygen atoms in total. The number of nitriles is 1. The van der Waals surface area contributed by atoms with Crippen LogP contribution in [0.2, 0.25) is 0 Å². The summed E-state index contributed by atoms with van der Waals surface area (Å²) in [5.74, 6) is 0.167. The van der Waals surface area contributed by atoms with Gasteiger partial charge in [0, 0.05) is 18.1 Å². The number of ether oxygens (including phenoxy) is 2. The van der Waals surface area contributed by atoms with E-state index in [1.165, 1.54) is 12.4 Å². The van der Waals surface area contributed by atoms with Gasteiger partial charge in [0.25, 0.3) is 0 Å². The highest BCUT2D eigenvalue weighted by atomic mass is 16.5. The molecule has 1 atom stereocenters. The molecular formula is C27H24N4O4. The van der Waals surface area contributed by atoms with E-state index in [1.807, 2.05) is 60.7 Å². The second-order valence-electron chi connectivity index (χ2n) is 7.96. The van der Waals surface area contributed by atoms with Gasteiger partial charge in [0.05, 0.1) is 24.3 Å². The van der Waals surface area contributed by atoms with Crippen molar-refractivity contribution < 1.29 is 19.1 Å². The molecule has 3 aromatic rings. The number of hydrogen-bond donors (Lipinski definition) is 2. The second-order valence-corrected chi connectivity index (χ2v) is 7.96. The van der Waals surface area contributed by atoms with Crippen molar-refractivity contribution in [1.82, 2.24) is 15.6 Å². The fraction of sp³-hybridized carbons (Fsp3) is 0.185. The molecule has 0 radical (unpaired) electrons. The van der Waals surface area contributed by atoms with Crippen LogP contribution in [-0.4, -0.2) is 24.1 Å². The lowest BCUT2D eigenvalue weighted by atomic mass is 9.93. The summed E-state index contributed by atoms with van der Waals surface area (Å²) < 4.78 is 10.9. The molecule has 0 saturated heterocycles. The van der Waals surface area contributed by atoms with E-state index in [4.69, 9.17) is 9.47 Å². The predicted octanol–water partition coefficient (Wildman–Crippen LogP) is 3.95. The van der Waals surface area contributed by atoms with Gasteiger partial charge in [-0.25, -0.2) is 9.59 Å². The Bertz CT molecular complexity index is 1300. The van der Waals surface area contributed by atoms with Crippen molar-refractivity contribution in [3.63, 3.8) is 0 Å². The van der Waals surface area contributed by atoms with E-state index >= 15 is 0 Å². The monoisotopic (exact) mass is 468 g/mol. The van der Waals surface area contributed by atoms with Gasteiger partial charge in [0.2, 0.25) is 0 Å². The first-order valence-corrected chi connectivity index (χ1v) is 11.1. The van der Waals surface area contributed by atoms with Crippen LogP contribution in [0.1, 0.15) is 34.7 Å². The number of hydrogen-bond acceptors (Lipinski definition) is 6. The smallest absolute Gasteiger partial charge is 0.338 e. The van der Waals surface area contributed by atoms with Crippen molar-refractivity contribution in [2.75, 3.05) is 7.11 Å². The molecule has 2 amide bonds. The van der Waals surface area contributed by atoms with Gasteiger partial charge in [-0.15, -0.1) is 0 Å². The fourth-order valence-corrected chi connectivity index (χ4v) is 3.88. The zero-order valence-corrected chi connectivity index (χ0v) is 19.2. The summed E-state index contributed by atoms with van der Waals surface area (Å²) in [4.78, 5) is 30.0. The quantitative estimate of drug-likeness (QED) is 0.484. The number of carbonyl (C=O) groups excluding carboxylic acids is 2. The number of urea groups is 1. The van der Waals surface area contributed by atoms with Crippen LogP contribution in [0.3, 0.4) is 0 Å². The zero-order chi connectivity index (χ0) is 24.6. The lowest BCUT2D eigenvalue weighted by Gasteiger charge is -2.29. The van der Waals surface area contributed by atoms with E-state index in [0.29, 0.717) is 29.7 Å². The van der Waals surface area contributed by atoms with Crippen LogP contribution in [0, 0.1) is 11.3 Å². The molecule has 0 aliphatic carbocycles. The molecule has 8 heteroatoms. The number of carbonyl (C=O) groups is 2. The molecule has 176 valence electrons. The minimum absolute atomic E-state index is 0.0868. The molecule has 0 bridgehead atoms. The summed E-state index contributed by atoms with van der Waals surface area (Å²) in [6, 6.07) is 19.3. The standard InChI is InChI=1S/C27H24N4O4/c1-34-22-9-5-8-18(13-22)10-11-23-24(26(32)35-17-19-6-3-2-4-7-19)25(31-27(33)30-23)21-12-20(14-28)15-29-16-21/h2-9,12-13,15-16,25H,10-11,17H2,1H3,(H2,30,31,33). The van der Waals surface area contributed by atoms with E-state index in [-0.39, 0.29) is 12.2 Å². The third-order valence-corrected chi connectivity index (χ3v) is 5.61. The van der Waals surface area contributed by atoms with Crippen molar-refractivity contribution >= 4 is 12.0 Å². The molecule has 1 unspecified atom stereocenters.